The van der Waals surface area contributed by atoms with Gasteiger partial charge in [-0.2, -0.15) is 0 Å². The molecule has 2 aromatic carbocycles. The number of carbonyl (C=O) groups excluding carboxylic acids is 1. The van der Waals surface area contributed by atoms with Crippen LogP contribution in [-0.4, -0.2) is 61.0 Å². The first-order valence-electron chi connectivity index (χ1n) is 10.1. The van der Waals surface area contributed by atoms with E-state index in [4.69, 9.17) is 11.6 Å². The molecule has 0 spiro atoms. The molecule has 1 saturated heterocycles. The fourth-order valence-electron chi connectivity index (χ4n) is 3.98. The molecule has 0 unspecified atom stereocenters. The van der Waals surface area contributed by atoms with Crippen LogP contribution in [0, 0.1) is 11.6 Å². The lowest BCUT2D eigenvalue weighted by Gasteiger charge is -2.32. The Bertz CT molecular complexity index is 1170. The number of rotatable bonds is 6. The summed E-state index contributed by atoms with van der Waals surface area (Å²) in [5.41, 5.74) is -2.01. The first-order valence-corrected chi connectivity index (χ1v) is 12.3. The molecule has 1 heterocycles. The Morgan fingerprint density at radius 1 is 1.18 bits per heavy atom. The van der Waals surface area contributed by atoms with E-state index in [0.29, 0.717) is 0 Å². The lowest BCUT2D eigenvalue weighted by Crippen LogP contribution is -2.53. The van der Waals surface area contributed by atoms with Crippen LogP contribution >= 0.6 is 11.6 Å². The Morgan fingerprint density at radius 2 is 1.76 bits per heavy atom. The molecule has 2 N–H and O–H groups in total. The number of aliphatic hydroxyl groups is 1. The van der Waals surface area contributed by atoms with Crippen LogP contribution < -0.4 is 4.72 Å². The molecule has 1 fully saturated rings. The minimum Gasteiger partial charge on any atom is -0.381 e. The van der Waals surface area contributed by atoms with Crippen molar-refractivity contribution in [3.63, 3.8) is 0 Å². The van der Waals surface area contributed by atoms with Crippen molar-refractivity contribution >= 4 is 27.5 Å². The number of nitrogens with one attached hydrogen (secondary N) is 1. The molecular weight excluding hydrogens is 481 g/mol. The smallest absolute Gasteiger partial charge is 0.254 e. The van der Waals surface area contributed by atoms with Crippen LogP contribution in [0.15, 0.2) is 36.4 Å². The third-order valence-corrected chi connectivity index (χ3v) is 6.45. The second kappa shape index (κ2) is 9.25. The van der Waals surface area contributed by atoms with Crippen molar-refractivity contribution in [1.82, 2.24) is 9.62 Å². The minimum absolute atomic E-state index is 0.0137. The van der Waals surface area contributed by atoms with E-state index in [0.717, 1.165) is 11.2 Å². The van der Waals surface area contributed by atoms with Gasteiger partial charge in [0.25, 0.3) is 5.91 Å². The fourth-order valence-corrected chi connectivity index (χ4v) is 4.95. The molecule has 0 aliphatic carbocycles. The number of carbonyl (C=O) groups is 1. The molecule has 0 aromatic heterocycles. The molecule has 33 heavy (non-hydrogen) atoms. The van der Waals surface area contributed by atoms with Crippen molar-refractivity contribution in [3.05, 3.63) is 58.6 Å². The number of likely N-dealkylation sites (tertiary alicyclic amines) is 1. The molecule has 1 aliphatic rings. The van der Waals surface area contributed by atoms with Crippen LogP contribution in [0.4, 0.5) is 13.2 Å². The van der Waals surface area contributed by atoms with Gasteiger partial charge in [-0.25, -0.2) is 26.3 Å². The van der Waals surface area contributed by atoms with Crippen molar-refractivity contribution in [2.45, 2.75) is 44.1 Å². The summed E-state index contributed by atoms with van der Waals surface area (Å²) in [6.45, 7) is 1.96. The van der Waals surface area contributed by atoms with Crippen molar-refractivity contribution in [1.29, 1.82) is 0 Å². The lowest BCUT2D eigenvalue weighted by atomic mass is 9.95. The average molecular weight is 505 g/mol. The molecular formula is C22H24ClF3N2O4S. The van der Waals surface area contributed by atoms with Gasteiger partial charge in [-0.3, -0.25) is 4.79 Å². The standard InChI is InChI=1S/C22H24ClF3N2O4S/c1-22(2,30)21(29)28-11-16(24)20(27-33(3,31)32)17(28)10-12-6-4-7-13(18(12)25)14-8-5-9-15(23)19(14)26/h4-9,16-17,20,27,30H,10-11H2,1-3H3/t16-,17-,20-/m0/s1. The largest absolute Gasteiger partial charge is 0.381 e. The highest BCUT2D eigenvalue weighted by Crippen LogP contribution is 2.33. The maximum Gasteiger partial charge on any atom is 0.254 e. The summed E-state index contributed by atoms with van der Waals surface area (Å²) in [7, 11) is -3.87. The zero-order valence-electron chi connectivity index (χ0n) is 18.1. The van der Waals surface area contributed by atoms with Gasteiger partial charge in [0.05, 0.1) is 29.9 Å². The topological polar surface area (TPSA) is 86.7 Å². The zero-order valence-corrected chi connectivity index (χ0v) is 19.7. The number of halogens is 4. The highest BCUT2D eigenvalue weighted by Gasteiger charge is 2.48. The van der Waals surface area contributed by atoms with Crippen LogP contribution in [0.1, 0.15) is 19.4 Å². The fraction of sp³-hybridized carbons (Fsp3) is 0.409. The van der Waals surface area contributed by atoms with E-state index in [2.05, 4.69) is 4.72 Å². The van der Waals surface area contributed by atoms with Crippen LogP contribution in [-0.2, 0) is 21.2 Å². The van der Waals surface area contributed by atoms with Crippen molar-refractivity contribution in [2.24, 2.45) is 0 Å². The van der Waals surface area contributed by atoms with Crippen molar-refractivity contribution < 1.29 is 31.5 Å². The normalized spacial score (nSPS) is 21.5. The molecule has 1 amide bonds. The molecule has 0 saturated carbocycles. The Labute approximate surface area is 195 Å². The molecule has 180 valence electrons. The number of sulfonamides is 1. The van der Waals surface area contributed by atoms with E-state index >= 15 is 4.39 Å². The molecule has 11 heteroatoms. The van der Waals surface area contributed by atoms with E-state index in [-0.39, 0.29) is 28.1 Å². The van der Waals surface area contributed by atoms with Crippen LogP contribution in [0.3, 0.4) is 0 Å². The monoisotopic (exact) mass is 504 g/mol. The number of benzene rings is 2. The van der Waals surface area contributed by atoms with Gasteiger partial charge in [0.15, 0.2) is 0 Å². The van der Waals surface area contributed by atoms with Crippen LogP contribution in [0.5, 0.6) is 0 Å². The Morgan fingerprint density at radius 3 is 2.33 bits per heavy atom. The summed E-state index contributed by atoms with van der Waals surface area (Å²) in [4.78, 5) is 13.8. The number of hydrogen-bond acceptors (Lipinski definition) is 4. The van der Waals surface area contributed by atoms with Gasteiger partial charge in [0.1, 0.15) is 23.4 Å². The zero-order chi connectivity index (χ0) is 24.7. The van der Waals surface area contributed by atoms with Crippen LogP contribution in [0.25, 0.3) is 11.1 Å². The molecule has 3 rings (SSSR count). The lowest BCUT2D eigenvalue weighted by molar-refractivity contribution is -0.149. The maximum absolute atomic E-state index is 15.5. The molecule has 6 nitrogen and oxygen atoms in total. The minimum atomic E-state index is -3.87. The second-order valence-corrected chi connectivity index (χ2v) is 10.8. The maximum atomic E-state index is 15.5. The third-order valence-electron chi connectivity index (χ3n) is 5.46. The number of nitrogens with zero attached hydrogens (tertiary/aromatic N) is 1. The predicted octanol–water partition coefficient (Wildman–Crippen LogP) is 3.07. The third kappa shape index (κ3) is 5.51. The Hall–Kier alpha value is -2.14. The molecule has 0 radical (unpaired) electrons. The molecule has 1 aliphatic heterocycles. The van der Waals surface area contributed by atoms with Gasteiger partial charge in [0, 0.05) is 11.1 Å². The van der Waals surface area contributed by atoms with Crippen LogP contribution in [0.2, 0.25) is 5.02 Å². The number of amides is 1. The first-order chi connectivity index (χ1) is 15.2. The van der Waals surface area contributed by atoms with Gasteiger partial charge in [-0.15, -0.1) is 0 Å². The van der Waals surface area contributed by atoms with Gasteiger partial charge in [-0.1, -0.05) is 41.9 Å². The van der Waals surface area contributed by atoms with Gasteiger partial charge in [0.2, 0.25) is 10.0 Å². The summed E-state index contributed by atoms with van der Waals surface area (Å²) >= 11 is 5.81. The van der Waals surface area contributed by atoms with E-state index < -0.39 is 58.0 Å². The summed E-state index contributed by atoms with van der Waals surface area (Å²) in [6.07, 6.45) is -1.22. The quantitative estimate of drug-likeness (QED) is 0.633. The highest BCUT2D eigenvalue weighted by molar-refractivity contribution is 7.88. The van der Waals surface area contributed by atoms with E-state index in [1.54, 1.807) is 0 Å². The summed E-state index contributed by atoms with van der Waals surface area (Å²) in [5, 5.41) is 9.97. The Kier molecular flexibility index (Phi) is 7.14. The summed E-state index contributed by atoms with van der Waals surface area (Å²) < 4.78 is 70.6. The number of hydrogen-bond donors (Lipinski definition) is 2. The summed E-state index contributed by atoms with van der Waals surface area (Å²) in [6, 6.07) is 5.85. The molecule has 3 atom stereocenters. The SMILES string of the molecule is CC(C)(O)C(=O)N1C[C@H](F)[C@H](NS(C)(=O)=O)[C@@H]1Cc1cccc(-c2cccc(Cl)c2F)c1F. The second-order valence-electron chi connectivity index (χ2n) is 8.60. The average Bonchev–Trinajstić information content (AvgIpc) is 2.98. The summed E-state index contributed by atoms with van der Waals surface area (Å²) in [5.74, 6) is -2.45. The Balaban J connectivity index is 2.05. The highest BCUT2D eigenvalue weighted by atomic mass is 35.5. The molecule has 0 bridgehead atoms. The van der Waals surface area contributed by atoms with Crippen molar-refractivity contribution in [3.8, 4) is 11.1 Å². The van der Waals surface area contributed by atoms with E-state index in [1.807, 2.05) is 0 Å². The van der Waals surface area contributed by atoms with Crippen molar-refractivity contribution in [2.75, 3.05) is 12.8 Å². The van der Waals surface area contributed by atoms with Gasteiger partial charge in [-0.05, 0) is 31.9 Å². The van der Waals surface area contributed by atoms with Gasteiger partial charge < -0.3 is 10.0 Å². The molecule has 2 aromatic rings. The van der Waals surface area contributed by atoms with E-state index in [9.17, 15) is 27.1 Å². The predicted molar refractivity (Wildman–Crippen MR) is 119 cm³/mol. The first kappa shape index (κ1) is 25.5. The number of alkyl halides is 1. The van der Waals surface area contributed by atoms with E-state index in [1.165, 1.54) is 50.2 Å². The van der Waals surface area contributed by atoms with Gasteiger partial charge >= 0.3 is 0 Å².